The largest absolute Gasteiger partial charge is 0.508 e. The molecule has 0 unspecified atom stereocenters. The molecule has 0 saturated heterocycles. The Labute approximate surface area is 161 Å². The maximum atomic E-state index is 11.9. The minimum Gasteiger partial charge on any atom is -0.508 e. The minimum absolute atomic E-state index is 0.0432. The van der Waals surface area contributed by atoms with Crippen LogP contribution < -0.4 is 0 Å². The molecule has 1 aliphatic carbocycles. The average molecular weight is 380 g/mol. The van der Waals surface area contributed by atoms with Gasteiger partial charge in [-0.15, -0.1) is 0 Å². The molecule has 0 aliphatic heterocycles. The van der Waals surface area contributed by atoms with Crippen LogP contribution in [0.2, 0.25) is 0 Å². The van der Waals surface area contributed by atoms with E-state index in [1.807, 2.05) is 0 Å². The Morgan fingerprint density at radius 2 is 1.29 bits per heavy atom. The highest BCUT2D eigenvalue weighted by Crippen LogP contribution is 2.34. The molecule has 0 bridgehead atoms. The van der Waals surface area contributed by atoms with Gasteiger partial charge in [0.1, 0.15) is 11.5 Å². The first-order valence-corrected chi connectivity index (χ1v) is 8.62. The number of aliphatic hydroxyl groups excluding tert-OH is 3. The number of hydrogen-bond donors (Lipinski definition) is 5. The van der Waals surface area contributed by atoms with E-state index in [-0.39, 0.29) is 36.1 Å². The molecule has 6 heteroatoms. The van der Waals surface area contributed by atoms with Gasteiger partial charge in [0.15, 0.2) is 5.78 Å². The molecule has 144 valence electrons. The highest BCUT2D eigenvalue weighted by Gasteiger charge is 2.17. The number of aliphatic hydroxyl groups is 3. The zero-order valence-electron chi connectivity index (χ0n) is 15.0. The van der Waals surface area contributed by atoms with Crippen LogP contribution in [0.25, 0.3) is 5.57 Å². The number of benzene rings is 2. The topological polar surface area (TPSA) is 118 Å². The van der Waals surface area contributed by atoms with Gasteiger partial charge in [0.2, 0.25) is 0 Å². The molecule has 2 aromatic rings. The summed E-state index contributed by atoms with van der Waals surface area (Å²) in [5, 5.41) is 48.2. The Balaban J connectivity index is 2.29. The van der Waals surface area contributed by atoms with Crippen molar-refractivity contribution in [2.45, 2.75) is 13.2 Å². The minimum atomic E-state index is -0.408. The second-order valence-corrected chi connectivity index (χ2v) is 6.36. The summed E-state index contributed by atoms with van der Waals surface area (Å²) in [7, 11) is 0. The van der Waals surface area contributed by atoms with Crippen molar-refractivity contribution in [2.24, 2.45) is 0 Å². The number of aromatic hydroxyl groups is 2. The van der Waals surface area contributed by atoms with Crippen LogP contribution in [0.4, 0.5) is 0 Å². The van der Waals surface area contributed by atoms with E-state index in [4.69, 9.17) is 0 Å². The number of carbonyl (C=O) groups excluding carboxylic acids is 1. The van der Waals surface area contributed by atoms with Gasteiger partial charge in [-0.05, 0) is 58.7 Å². The Hall–Kier alpha value is -3.19. The van der Waals surface area contributed by atoms with Crippen LogP contribution in [0.1, 0.15) is 22.3 Å². The van der Waals surface area contributed by atoms with Gasteiger partial charge in [-0.2, -0.15) is 0 Å². The predicted octanol–water partition coefficient (Wildman–Crippen LogP) is 1.94. The first-order valence-electron chi connectivity index (χ1n) is 8.62. The smallest absolute Gasteiger partial charge is 0.184 e. The maximum absolute atomic E-state index is 11.9. The number of hydrogen-bond acceptors (Lipinski definition) is 6. The van der Waals surface area contributed by atoms with Crippen molar-refractivity contribution in [3.63, 3.8) is 0 Å². The van der Waals surface area contributed by atoms with Crippen molar-refractivity contribution < 1.29 is 30.3 Å². The van der Waals surface area contributed by atoms with Crippen LogP contribution in [-0.2, 0) is 18.0 Å². The summed E-state index contributed by atoms with van der Waals surface area (Å²) >= 11 is 0. The van der Waals surface area contributed by atoms with Gasteiger partial charge in [-0.3, -0.25) is 4.79 Å². The molecule has 0 radical (unpaired) electrons. The lowest BCUT2D eigenvalue weighted by Crippen LogP contribution is -2.08. The van der Waals surface area contributed by atoms with Crippen LogP contribution in [0, 0.1) is 0 Å². The monoisotopic (exact) mass is 380 g/mol. The number of phenols is 2. The fourth-order valence-corrected chi connectivity index (χ4v) is 3.09. The lowest BCUT2D eigenvalue weighted by atomic mass is 9.88. The molecular weight excluding hydrogens is 360 g/mol. The Kier molecular flexibility index (Phi) is 5.75. The van der Waals surface area contributed by atoms with Crippen molar-refractivity contribution >= 4 is 11.4 Å². The third kappa shape index (κ3) is 3.75. The third-order valence-corrected chi connectivity index (χ3v) is 4.60. The first-order chi connectivity index (χ1) is 13.5. The van der Waals surface area contributed by atoms with E-state index in [0.29, 0.717) is 33.4 Å². The SMILES string of the molecule is O=C1C=CC(=C(c2ccc(O)c(CO)c2)c2ccc(O)c(CO)c2)C=C1CO. The van der Waals surface area contributed by atoms with Gasteiger partial charge in [-0.1, -0.05) is 18.2 Å². The summed E-state index contributed by atoms with van der Waals surface area (Å²) < 4.78 is 0. The number of carbonyl (C=O) groups is 1. The van der Waals surface area contributed by atoms with Gasteiger partial charge < -0.3 is 25.5 Å². The lowest BCUT2D eigenvalue weighted by Gasteiger charge is -2.17. The summed E-state index contributed by atoms with van der Waals surface area (Å²) in [4.78, 5) is 11.9. The van der Waals surface area contributed by atoms with E-state index < -0.39 is 6.61 Å². The van der Waals surface area contributed by atoms with E-state index >= 15 is 0 Å². The van der Waals surface area contributed by atoms with Gasteiger partial charge >= 0.3 is 0 Å². The van der Waals surface area contributed by atoms with Crippen molar-refractivity contribution in [3.8, 4) is 11.5 Å². The molecule has 3 rings (SSSR count). The Morgan fingerprint density at radius 1 is 0.750 bits per heavy atom. The molecule has 0 saturated carbocycles. The van der Waals surface area contributed by atoms with Crippen molar-refractivity contribution in [2.75, 3.05) is 6.61 Å². The molecule has 0 aromatic heterocycles. The first kappa shape index (κ1) is 19.6. The number of rotatable bonds is 5. The summed E-state index contributed by atoms with van der Waals surface area (Å²) in [6.45, 7) is -1.12. The normalized spacial score (nSPS) is 13.6. The van der Waals surface area contributed by atoms with Crippen LogP contribution in [0.5, 0.6) is 11.5 Å². The van der Waals surface area contributed by atoms with Crippen LogP contribution in [0.3, 0.4) is 0 Å². The summed E-state index contributed by atoms with van der Waals surface area (Å²) in [6.07, 6.45) is 4.56. The molecule has 6 nitrogen and oxygen atoms in total. The van der Waals surface area contributed by atoms with E-state index in [0.717, 1.165) is 0 Å². The third-order valence-electron chi connectivity index (χ3n) is 4.60. The molecule has 0 spiro atoms. The average Bonchev–Trinajstić information content (AvgIpc) is 2.71. The van der Waals surface area contributed by atoms with Gasteiger partial charge in [0, 0.05) is 16.7 Å². The van der Waals surface area contributed by atoms with Gasteiger partial charge in [0.25, 0.3) is 0 Å². The molecule has 28 heavy (non-hydrogen) atoms. The summed E-state index contributed by atoms with van der Waals surface area (Å²) in [5.74, 6) is -0.370. The van der Waals surface area contributed by atoms with Crippen molar-refractivity contribution in [1.29, 1.82) is 0 Å². The molecule has 0 atom stereocenters. The summed E-state index contributed by atoms with van der Waals surface area (Å²) in [5.41, 5.74) is 3.49. The highest BCUT2D eigenvalue weighted by molar-refractivity contribution is 6.07. The molecule has 0 heterocycles. The van der Waals surface area contributed by atoms with E-state index in [1.54, 1.807) is 36.4 Å². The molecular formula is C22H20O6. The van der Waals surface area contributed by atoms with E-state index in [2.05, 4.69) is 0 Å². The maximum Gasteiger partial charge on any atom is 0.184 e. The Bertz CT molecular complexity index is 958. The molecule has 1 aliphatic rings. The number of allylic oxidation sites excluding steroid dienone is 4. The zero-order chi connectivity index (χ0) is 20.3. The fourth-order valence-electron chi connectivity index (χ4n) is 3.09. The lowest BCUT2D eigenvalue weighted by molar-refractivity contribution is -0.111. The predicted molar refractivity (Wildman–Crippen MR) is 103 cm³/mol. The zero-order valence-corrected chi connectivity index (χ0v) is 15.0. The molecule has 5 N–H and O–H groups in total. The van der Waals surface area contributed by atoms with E-state index in [9.17, 15) is 30.3 Å². The second-order valence-electron chi connectivity index (χ2n) is 6.36. The Morgan fingerprint density at radius 3 is 1.75 bits per heavy atom. The molecule has 0 fully saturated rings. The highest BCUT2D eigenvalue weighted by atomic mass is 16.3. The molecule has 2 aromatic carbocycles. The fraction of sp³-hybridized carbons (Fsp3) is 0.136. The van der Waals surface area contributed by atoms with E-state index in [1.165, 1.54) is 18.2 Å². The quantitative estimate of drug-likeness (QED) is 0.541. The second kappa shape index (κ2) is 8.22. The van der Waals surface area contributed by atoms with Crippen LogP contribution in [-0.4, -0.2) is 37.9 Å². The standard InChI is InChI=1S/C22H20O6/c23-10-16-7-13(1-4-19(16)26)22(14-2-5-20(27)17(8-14)11-24)15-3-6-21(28)18(9-15)12-25/h1-9,23-27H,10-12H2. The van der Waals surface area contributed by atoms with Crippen molar-refractivity contribution in [3.05, 3.63) is 88.0 Å². The van der Waals surface area contributed by atoms with Crippen molar-refractivity contribution in [1.82, 2.24) is 0 Å². The molecule has 0 amide bonds. The number of ketones is 1. The van der Waals surface area contributed by atoms with Gasteiger partial charge in [0.05, 0.1) is 19.8 Å². The summed E-state index contributed by atoms with van der Waals surface area (Å²) in [6, 6.07) is 9.50. The van der Waals surface area contributed by atoms with Gasteiger partial charge in [-0.25, -0.2) is 0 Å². The van der Waals surface area contributed by atoms with Crippen LogP contribution >= 0.6 is 0 Å². The van der Waals surface area contributed by atoms with Crippen LogP contribution in [0.15, 0.2) is 65.8 Å².